The van der Waals surface area contributed by atoms with Gasteiger partial charge in [0.25, 0.3) is 0 Å². The van der Waals surface area contributed by atoms with Crippen molar-refractivity contribution in [2.75, 3.05) is 54.7 Å². The fraction of sp³-hybridized carbons (Fsp3) is 0.480. The molecule has 0 aromatic heterocycles. The van der Waals surface area contributed by atoms with Crippen LogP contribution in [0.25, 0.3) is 0 Å². The third kappa shape index (κ3) is 14.1. The van der Waals surface area contributed by atoms with Gasteiger partial charge in [0.2, 0.25) is 20.0 Å². The fourth-order valence-corrected chi connectivity index (χ4v) is 4.46. The molecule has 11 nitrogen and oxygen atoms in total. The lowest BCUT2D eigenvalue weighted by Gasteiger charge is -2.24. The summed E-state index contributed by atoms with van der Waals surface area (Å²) in [4.78, 5) is 14.1. The lowest BCUT2D eigenvalue weighted by Crippen LogP contribution is -2.40. The van der Waals surface area contributed by atoms with Crippen LogP contribution >= 0.6 is 0 Å². The molecule has 0 bridgehead atoms. The average Bonchev–Trinajstić information content (AvgIpc) is 2.76. The molecule has 0 aliphatic carbocycles. The Hall–Kier alpha value is -3.03. The summed E-state index contributed by atoms with van der Waals surface area (Å²) in [6, 6.07) is 13.8. The van der Waals surface area contributed by atoms with Crippen molar-refractivity contribution in [3.05, 3.63) is 54.1 Å². The van der Waals surface area contributed by atoms with E-state index < -0.39 is 31.7 Å². The van der Waals surface area contributed by atoms with E-state index in [9.17, 15) is 21.6 Å². The summed E-state index contributed by atoms with van der Waals surface area (Å²) in [7, 11) is -6.69. The van der Waals surface area contributed by atoms with Gasteiger partial charge in [-0.1, -0.05) is 12.1 Å². The Labute approximate surface area is 226 Å². The zero-order chi connectivity index (χ0) is 28.4. The third-order valence-electron chi connectivity index (χ3n) is 4.90. The molecule has 0 radical (unpaired) electrons. The van der Waals surface area contributed by atoms with Crippen LogP contribution in [0.2, 0.25) is 0 Å². The number of hydrogen-bond acceptors (Lipinski definition) is 8. The largest absolute Gasteiger partial charge is 0.492 e. The number of nitrogens with zero attached hydrogens (tertiary/aromatic N) is 1. The first-order chi connectivity index (χ1) is 17.6. The van der Waals surface area contributed by atoms with Gasteiger partial charge in [-0.3, -0.25) is 14.3 Å². The summed E-state index contributed by atoms with van der Waals surface area (Å²) in [5.74, 6) is 0.602. The number of nitrogens with one attached hydrogen (secondary N) is 3. The van der Waals surface area contributed by atoms with E-state index in [0.29, 0.717) is 56.3 Å². The highest BCUT2D eigenvalue weighted by Crippen LogP contribution is 2.17. The molecule has 0 aliphatic rings. The van der Waals surface area contributed by atoms with Gasteiger partial charge in [0.15, 0.2) is 0 Å². The van der Waals surface area contributed by atoms with Crippen LogP contribution in [0, 0.1) is 0 Å². The van der Waals surface area contributed by atoms with Gasteiger partial charge >= 0.3 is 6.09 Å². The second-order valence-corrected chi connectivity index (χ2v) is 13.3. The molecule has 2 rings (SSSR count). The number of sulfonamides is 2. The molecule has 0 saturated heterocycles. The average molecular weight is 571 g/mol. The van der Waals surface area contributed by atoms with Crippen molar-refractivity contribution >= 4 is 37.5 Å². The highest BCUT2D eigenvalue weighted by atomic mass is 32.2. The van der Waals surface area contributed by atoms with E-state index in [4.69, 9.17) is 9.47 Å². The highest BCUT2D eigenvalue weighted by molar-refractivity contribution is 7.92. The molecule has 2 aromatic carbocycles. The minimum absolute atomic E-state index is 0.377. The first kappa shape index (κ1) is 31.2. The number of amides is 1. The lowest BCUT2D eigenvalue weighted by atomic mass is 10.1. The van der Waals surface area contributed by atoms with Gasteiger partial charge in [0.05, 0.1) is 12.5 Å². The molecule has 0 atom stereocenters. The van der Waals surface area contributed by atoms with E-state index in [-0.39, 0.29) is 0 Å². The molecule has 0 aliphatic heterocycles. The quantitative estimate of drug-likeness (QED) is 0.315. The zero-order valence-corrected chi connectivity index (χ0v) is 24.1. The fourth-order valence-electron chi connectivity index (χ4n) is 3.33. The maximum atomic E-state index is 12.0. The van der Waals surface area contributed by atoms with Crippen LogP contribution in [0.4, 0.5) is 16.2 Å². The van der Waals surface area contributed by atoms with Crippen LogP contribution in [-0.2, 0) is 31.2 Å². The number of hydrogen-bond donors (Lipinski definition) is 3. The smallest absolute Gasteiger partial charge is 0.407 e. The topological polar surface area (TPSA) is 143 Å². The van der Waals surface area contributed by atoms with Crippen molar-refractivity contribution in [3.63, 3.8) is 0 Å². The number of carbonyl (C=O) groups excluding carboxylic acids is 1. The monoisotopic (exact) mass is 570 g/mol. The molecular weight excluding hydrogens is 532 g/mol. The number of ether oxygens (including phenoxy) is 2. The van der Waals surface area contributed by atoms with E-state index in [0.717, 1.165) is 18.1 Å². The molecule has 2 aromatic rings. The minimum atomic E-state index is -3.35. The van der Waals surface area contributed by atoms with Crippen molar-refractivity contribution in [2.24, 2.45) is 0 Å². The second kappa shape index (κ2) is 13.7. The van der Waals surface area contributed by atoms with Crippen molar-refractivity contribution in [1.29, 1.82) is 0 Å². The van der Waals surface area contributed by atoms with Gasteiger partial charge in [-0.15, -0.1) is 0 Å². The molecule has 13 heteroatoms. The van der Waals surface area contributed by atoms with Gasteiger partial charge in [0, 0.05) is 37.6 Å². The molecular formula is C25H38N4O7S2. The Balaban J connectivity index is 1.93. The van der Waals surface area contributed by atoms with Crippen LogP contribution in [-0.4, -0.2) is 78.7 Å². The Kier molecular flexibility index (Phi) is 11.2. The number of rotatable bonds is 14. The van der Waals surface area contributed by atoms with E-state index in [1.54, 1.807) is 57.2 Å². The molecule has 0 spiro atoms. The van der Waals surface area contributed by atoms with Gasteiger partial charge in [0.1, 0.15) is 18.0 Å². The van der Waals surface area contributed by atoms with Crippen molar-refractivity contribution in [3.8, 4) is 5.75 Å². The van der Waals surface area contributed by atoms with Crippen LogP contribution in [0.1, 0.15) is 26.3 Å². The summed E-state index contributed by atoms with van der Waals surface area (Å²) in [6.45, 7) is 7.99. The number of benzene rings is 2. The number of anilines is 2. The van der Waals surface area contributed by atoms with Gasteiger partial charge in [-0.05, 0) is 69.2 Å². The van der Waals surface area contributed by atoms with Crippen LogP contribution in [0.5, 0.6) is 5.75 Å². The minimum Gasteiger partial charge on any atom is -0.492 e. The molecule has 0 heterocycles. The second-order valence-electron chi connectivity index (χ2n) is 9.84. The Morgan fingerprint density at radius 3 is 1.84 bits per heavy atom. The highest BCUT2D eigenvalue weighted by Gasteiger charge is 2.16. The maximum absolute atomic E-state index is 12.0. The lowest BCUT2D eigenvalue weighted by molar-refractivity contribution is 0.0521. The van der Waals surface area contributed by atoms with Crippen molar-refractivity contribution in [1.82, 2.24) is 10.2 Å². The molecule has 0 fully saturated rings. The SMILES string of the molecule is CC(C)(C)OC(=O)NCCN(CCOc1ccc(NS(C)(=O)=O)cc1)CCc1ccc(NS(C)(=O)=O)cc1. The van der Waals surface area contributed by atoms with Crippen molar-refractivity contribution < 1.29 is 31.1 Å². The molecule has 0 saturated carbocycles. The Morgan fingerprint density at radius 1 is 0.816 bits per heavy atom. The predicted octanol–water partition coefficient (Wildman–Crippen LogP) is 2.88. The Bertz CT molecular complexity index is 1240. The third-order valence-corrected chi connectivity index (χ3v) is 6.12. The molecule has 0 unspecified atom stereocenters. The maximum Gasteiger partial charge on any atom is 0.407 e. The van der Waals surface area contributed by atoms with Crippen molar-refractivity contribution in [2.45, 2.75) is 32.8 Å². The molecule has 1 amide bonds. The Morgan fingerprint density at radius 2 is 1.34 bits per heavy atom. The molecule has 3 N–H and O–H groups in total. The van der Waals surface area contributed by atoms with Crippen LogP contribution in [0.15, 0.2) is 48.5 Å². The van der Waals surface area contributed by atoms with E-state index >= 15 is 0 Å². The standard InChI is InChI=1S/C25H38N4O7S2/c1-25(2,3)36-24(30)26-15-17-29(16-14-20-6-8-21(9-7-20)27-37(4,31)32)18-19-35-23-12-10-22(11-13-23)28-38(5,33)34/h6-13,27-28H,14-19H2,1-5H3,(H,26,30). The molecule has 212 valence electrons. The van der Waals surface area contributed by atoms with Gasteiger partial charge in [-0.25, -0.2) is 21.6 Å². The summed E-state index contributed by atoms with van der Waals surface area (Å²) in [6.07, 6.45) is 2.42. The normalized spacial score (nSPS) is 12.2. The number of alkyl carbamates (subject to hydrolysis) is 1. The summed E-state index contributed by atoms with van der Waals surface area (Å²) in [5, 5.41) is 2.77. The van der Waals surface area contributed by atoms with E-state index in [1.807, 2.05) is 12.1 Å². The summed E-state index contributed by atoms with van der Waals surface area (Å²) >= 11 is 0. The van der Waals surface area contributed by atoms with Crippen LogP contribution in [0.3, 0.4) is 0 Å². The predicted molar refractivity (Wildman–Crippen MR) is 150 cm³/mol. The summed E-state index contributed by atoms with van der Waals surface area (Å²) in [5.41, 5.74) is 1.40. The first-order valence-electron chi connectivity index (χ1n) is 12.0. The van der Waals surface area contributed by atoms with Crippen LogP contribution < -0.4 is 19.5 Å². The summed E-state index contributed by atoms with van der Waals surface area (Å²) < 4.78 is 61.5. The first-order valence-corrected chi connectivity index (χ1v) is 15.8. The number of carbonyl (C=O) groups is 1. The van der Waals surface area contributed by atoms with E-state index in [2.05, 4.69) is 19.7 Å². The molecule has 38 heavy (non-hydrogen) atoms. The van der Waals surface area contributed by atoms with Gasteiger partial charge < -0.3 is 14.8 Å². The van der Waals surface area contributed by atoms with E-state index in [1.165, 1.54) is 0 Å². The zero-order valence-electron chi connectivity index (χ0n) is 22.5. The van der Waals surface area contributed by atoms with Gasteiger partial charge in [-0.2, -0.15) is 0 Å².